The average Bonchev–Trinajstić information content (AvgIpc) is 2.68. The van der Waals surface area contributed by atoms with Crippen LogP contribution < -0.4 is 5.73 Å². The Morgan fingerprint density at radius 1 is 0.808 bits per heavy atom. The molecule has 0 amide bonds. The van der Waals surface area contributed by atoms with Crippen LogP contribution in [0.25, 0.3) is 10.9 Å². The van der Waals surface area contributed by atoms with Crippen LogP contribution in [0.5, 0.6) is 0 Å². The molecule has 1 aromatic carbocycles. The van der Waals surface area contributed by atoms with Crippen molar-refractivity contribution < 1.29 is 0 Å². The smallest absolute Gasteiger partial charge is 0.107 e. The van der Waals surface area contributed by atoms with E-state index in [0.29, 0.717) is 6.42 Å². The van der Waals surface area contributed by atoms with Crippen molar-refractivity contribution >= 4 is 10.9 Å². The molecule has 0 aliphatic carbocycles. The van der Waals surface area contributed by atoms with E-state index in [9.17, 15) is 0 Å². The van der Waals surface area contributed by atoms with Crippen molar-refractivity contribution in [2.75, 3.05) is 0 Å². The van der Waals surface area contributed by atoms with Crippen molar-refractivity contribution in [3.05, 3.63) is 102 Å². The Kier molecular flexibility index (Phi) is 4.19. The molecule has 4 aromatic rings. The van der Waals surface area contributed by atoms with Crippen LogP contribution in [0, 0.1) is 6.92 Å². The zero-order valence-electron chi connectivity index (χ0n) is 14.6. The van der Waals surface area contributed by atoms with Crippen LogP contribution in [0.15, 0.2) is 79.0 Å². The first-order chi connectivity index (χ1) is 12.6. The van der Waals surface area contributed by atoms with Crippen LogP contribution >= 0.6 is 0 Å². The van der Waals surface area contributed by atoms with Crippen molar-refractivity contribution in [2.45, 2.75) is 18.9 Å². The number of pyridine rings is 3. The van der Waals surface area contributed by atoms with E-state index in [1.54, 1.807) is 6.20 Å². The third-order valence-electron chi connectivity index (χ3n) is 4.59. The monoisotopic (exact) mass is 340 g/mol. The first-order valence-electron chi connectivity index (χ1n) is 8.64. The van der Waals surface area contributed by atoms with Gasteiger partial charge in [-0.15, -0.1) is 0 Å². The highest BCUT2D eigenvalue weighted by molar-refractivity contribution is 5.78. The minimum absolute atomic E-state index is 0.523. The molecule has 0 bridgehead atoms. The van der Waals surface area contributed by atoms with E-state index in [4.69, 9.17) is 15.7 Å². The molecule has 4 nitrogen and oxygen atoms in total. The Morgan fingerprint density at radius 3 is 2.42 bits per heavy atom. The van der Waals surface area contributed by atoms with Crippen LogP contribution in [0.2, 0.25) is 0 Å². The Balaban J connectivity index is 1.88. The minimum atomic E-state index is -0.857. The summed E-state index contributed by atoms with van der Waals surface area (Å²) in [5.74, 6) is 0. The summed E-state index contributed by atoms with van der Waals surface area (Å²) in [7, 11) is 0. The maximum Gasteiger partial charge on any atom is 0.107 e. The van der Waals surface area contributed by atoms with Crippen LogP contribution in [0.1, 0.15) is 22.8 Å². The standard InChI is InChI=1S/C22H20N4/c1-16-7-6-11-20(25-16)22(23,15-18-9-4-5-14-24-18)21-13-12-17-8-2-3-10-19(17)26-21/h2-14H,15,23H2,1H3. The molecule has 3 heterocycles. The van der Waals surface area contributed by atoms with E-state index in [2.05, 4.69) is 11.1 Å². The molecule has 128 valence electrons. The Morgan fingerprint density at radius 2 is 1.62 bits per heavy atom. The maximum atomic E-state index is 6.97. The largest absolute Gasteiger partial charge is 0.315 e. The predicted molar refractivity (Wildman–Crippen MR) is 104 cm³/mol. The van der Waals surface area contributed by atoms with E-state index < -0.39 is 5.54 Å². The minimum Gasteiger partial charge on any atom is -0.315 e. The lowest BCUT2D eigenvalue weighted by atomic mass is 9.85. The van der Waals surface area contributed by atoms with Gasteiger partial charge in [0.2, 0.25) is 0 Å². The van der Waals surface area contributed by atoms with Crippen molar-refractivity contribution in [3.63, 3.8) is 0 Å². The van der Waals surface area contributed by atoms with E-state index in [0.717, 1.165) is 33.7 Å². The summed E-state index contributed by atoms with van der Waals surface area (Å²) in [6, 6.07) is 23.9. The number of benzene rings is 1. The summed E-state index contributed by atoms with van der Waals surface area (Å²) >= 11 is 0. The fraction of sp³-hybridized carbons (Fsp3) is 0.136. The number of aryl methyl sites for hydroxylation is 1. The van der Waals surface area contributed by atoms with Crippen molar-refractivity contribution in [3.8, 4) is 0 Å². The van der Waals surface area contributed by atoms with Crippen LogP contribution in [-0.2, 0) is 12.0 Å². The molecule has 0 saturated heterocycles. The molecule has 1 atom stereocenters. The third-order valence-corrected chi connectivity index (χ3v) is 4.59. The molecular formula is C22H20N4. The second-order valence-electron chi connectivity index (χ2n) is 6.52. The van der Waals surface area contributed by atoms with Gasteiger partial charge in [-0.1, -0.05) is 36.4 Å². The topological polar surface area (TPSA) is 64.7 Å². The lowest BCUT2D eigenvalue weighted by Crippen LogP contribution is -2.42. The second kappa shape index (κ2) is 6.65. The average molecular weight is 340 g/mol. The predicted octanol–water partition coefficient (Wildman–Crippen LogP) is 3.78. The molecule has 1 unspecified atom stereocenters. The summed E-state index contributed by atoms with van der Waals surface area (Å²) in [6.07, 6.45) is 2.31. The molecule has 4 rings (SSSR count). The van der Waals surface area contributed by atoms with E-state index in [1.165, 1.54) is 0 Å². The number of fused-ring (bicyclic) bond motifs is 1. The summed E-state index contributed by atoms with van der Waals surface area (Å²) in [4.78, 5) is 14.0. The van der Waals surface area contributed by atoms with Gasteiger partial charge in [0.25, 0.3) is 0 Å². The highest BCUT2D eigenvalue weighted by atomic mass is 14.9. The molecule has 2 N–H and O–H groups in total. The van der Waals surface area contributed by atoms with Gasteiger partial charge in [0.15, 0.2) is 0 Å². The fourth-order valence-electron chi connectivity index (χ4n) is 3.21. The molecule has 26 heavy (non-hydrogen) atoms. The number of nitrogens with two attached hydrogens (primary N) is 1. The fourth-order valence-corrected chi connectivity index (χ4v) is 3.21. The highest BCUT2D eigenvalue weighted by Gasteiger charge is 2.34. The van der Waals surface area contributed by atoms with Gasteiger partial charge in [0, 0.05) is 29.4 Å². The van der Waals surface area contributed by atoms with Crippen molar-refractivity contribution in [2.24, 2.45) is 5.73 Å². The molecule has 0 spiro atoms. The van der Waals surface area contributed by atoms with Gasteiger partial charge >= 0.3 is 0 Å². The van der Waals surface area contributed by atoms with Gasteiger partial charge in [-0.25, -0.2) is 0 Å². The van der Waals surface area contributed by atoms with E-state index in [1.807, 2.05) is 73.7 Å². The van der Waals surface area contributed by atoms with E-state index in [-0.39, 0.29) is 0 Å². The highest BCUT2D eigenvalue weighted by Crippen LogP contribution is 2.29. The maximum absolute atomic E-state index is 6.97. The molecule has 0 aliphatic heterocycles. The molecule has 0 aliphatic rings. The lowest BCUT2D eigenvalue weighted by Gasteiger charge is -2.29. The van der Waals surface area contributed by atoms with Crippen LogP contribution in [0.3, 0.4) is 0 Å². The Bertz CT molecular complexity index is 1050. The normalized spacial score (nSPS) is 13.5. The summed E-state index contributed by atoms with van der Waals surface area (Å²) in [6.45, 7) is 1.97. The molecule has 0 saturated carbocycles. The van der Waals surface area contributed by atoms with Gasteiger partial charge in [0.1, 0.15) is 5.54 Å². The Hall–Kier alpha value is -3.11. The van der Waals surface area contributed by atoms with Gasteiger partial charge < -0.3 is 5.73 Å². The Labute approximate surface area is 152 Å². The molecule has 0 fully saturated rings. The van der Waals surface area contributed by atoms with Crippen LogP contribution in [0.4, 0.5) is 0 Å². The first kappa shape index (κ1) is 16.4. The molecule has 4 heteroatoms. The second-order valence-corrected chi connectivity index (χ2v) is 6.52. The quantitative estimate of drug-likeness (QED) is 0.614. The van der Waals surface area contributed by atoms with Crippen molar-refractivity contribution in [1.82, 2.24) is 15.0 Å². The third kappa shape index (κ3) is 3.07. The van der Waals surface area contributed by atoms with E-state index >= 15 is 0 Å². The zero-order valence-corrected chi connectivity index (χ0v) is 14.6. The summed E-state index contributed by atoms with van der Waals surface area (Å²) in [5, 5.41) is 1.09. The van der Waals surface area contributed by atoms with Gasteiger partial charge in [-0.3, -0.25) is 15.0 Å². The number of hydrogen-bond donors (Lipinski definition) is 1. The number of aromatic nitrogens is 3. The molecular weight excluding hydrogens is 320 g/mol. The lowest BCUT2D eigenvalue weighted by molar-refractivity contribution is 0.497. The SMILES string of the molecule is Cc1cccc(C(N)(Cc2ccccn2)c2ccc3ccccc3n2)n1. The van der Waals surface area contributed by atoms with Gasteiger partial charge in [0.05, 0.1) is 16.9 Å². The number of rotatable bonds is 4. The zero-order chi connectivity index (χ0) is 18.0. The number of para-hydroxylation sites is 1. The number of hydrogen-bond acceptors (Lipinski definition) is 4. The molecule has 0 radical (unpaired) electrons. The van der Waals surface area contributed by atoms with Crippen molar-refractivity contribution in [1.29, 1.82) is 0 Å². The summed E-state index contributed by atoms with van der Waals surface area (Å²) in [5.41, 5.74) is 10.5. The summed E-state index contributed by atoms with van der Waals surface area (Å²) < 4.78 is 0. The van der Waals surface area contributed by atoms with Crippen LogP contribution in [-0.4, -0.2) is 15.0 Å². The molecule has 3 aromatic heterocycles. The number of nitrogens with zero attached hydrogens (tertiary/aromatic N) is 3. The van der Waals surface area contributed by atoms with Gasteiger partial charge in [-0.05, 0) is 43.3 Å². The first-order valence-corrected chi connectivity index (χ1v) is 8.64. The van der Waals surface area contributed by atoms with Gasteiger partial charge in [-0.2, -0.15) is 0 Å².